The van der Waals surface area contributed by atoms with Gasteiger partial charge in [0.2, 0.25) is 5.91 Å². The third-order valence-corrected chi connectivity index (χ3v) is 3.57. The zero-order valence-electron chi connectivity index (χ0n) is 11.1. The molecule has 0 bridgehead atoms. The van der Waals surface area contributed by atoms with Crippen molar-refractivity contribution in [3.63, 3.8) is 0 Å². The summed E-state index contributed by atoms with van der Waals surface area (Å²) < 4.78 is 0. The SMILES string of the molecule is CCC(CCNC(=O)[C@H]1CCCN1)CCC(=O)O. The Bertz CT molecular complexity index is 275. The maximum Gasteiger partial charge on any atom is 0.303 e. The molecule has 3 N–H and O–H groups in total. The quantitative estimate of drug-likeness (QED) is 0.608. The molecule has 2 atom stereocenters. The normalized spacial score (nSPS) is 20.6. The summed E-state index contributed by atoms with van der Waals surface area (Å²) in [7, 11) is 0. The van der Waals surface area contributed by atoms with Crippen LogP contribution in [0, 0.1) is 5.92 Å². The molecule has 1 aliphatic rings. The number of carbonyl (C=O) groups is 2. The second kappa shape index (κ2) is 8.08. The van der Waals surface area contributed by atoms with Gasteiger partial charge in [0.05, 0.1) is 6.04 Å². The van der Waals surface area contributed by atoms with Gasteiger partial charge < -0.3 is 15.7 Å². The van der Waals surface area contributed by atoms with E-state index in [-0.39, 0.29) is 18.4 Å². The van der Waals surface area contributed by atoms with E-state index in [9.17, 15) is 9.59 Å². The van der Waals surface area contributed by atoms with E-state index in [0.717, 1.165) is 32.2 Å². The minimum absolute atomic E-state index is 0.0240. The maximum absolute atomic E-state index is 11.7. The standard InChI is InChI=1S/C13H24N2O3/c1-2-10(5-6-12(16)17)7-9-15-13(18)11-4-3-8-14-11/h10-11,14H,2-9H2,1H3,(H,15,18)(H,16,17)/t10?,11-/m1/s1. The van der Waals surface area contributed by atoms with Gasteiger partial charge >= 0.3 is 5.97 Å². The zero-order valence-corrected chi connectivity index (χ0v) is 11.1. The fourth-order valence-corrected chi connectivity index (χ4v) is 2.31. The Morgan fingerprint density at radius 2 is 2.22 bits per heavy atom. The van der Waals surface area contributed by atoms with E-state index < -0.39 is 5.97 Å². The van der Waals surface area contributed by atoms with Crippen molar-refractivity contribution in [1.82, 2.24) is 10.6 Å². The van der Waals surface area contributed by atoms with Gasteiger partial charge in [0.25, 0.3) is 0 Å². The molecule has 5 nitrogen and oxygen atoms in total. The highest BCUT2D eigenvalue weighted by molar-refractivity contribution is 5.81. The topological polar surface area (TPSA) is 78.4 Å². The van der Waals surface area contributed by atoms with Gasteiger partial charge in [0.1, 0.15) is 0 Å². The Morgan fingerprint density at radius 3 is 2.78 bits per heavy atom. The van der Waals surface area contributed by atoms with Crippen LogP contribution in [0.5, 0.6) is 0 Å². The lowest BCUT2D eigenvalue weighted by atomic mass is 9.96. The minimum Gasteiger partial charge on any atom is -0.481 e. The highest BCUT2D eigenvalue weighted by Crippen LogP contribution is 2.14. The van der Waals surface area contributed by atoms with Crippen molar-refractivity contribution < 1.29 is 14.7 Å². The smallest absolute Gasteiger partial charge is 0.303 e. The summed E-state index contributed by atoms with van der Waals surface area (Å²) in [6, 6.07) is -0.0240. The summed E-state index contributed by atoms with van der Waals surface area (Å²) in [5.41, 5.74) is 0. The number of carbonyl (C=O) groups excluding carboxylic acids is 1. The van der Waals surface area contributed by atoms with Gasteiger partial charge in [0, 0.05) is 13.0 Å². The van der Waals surface area contributed by atoms with Crippen molar-refractivity contribution in [3.05, 3.63) is 0 Å². The Balaban J connectivity index is 2.14. The molecule has 1 aliphatic heterocycles. The van der Waals surface area contributed by atoms with E-state index >= 15 is 0 Å². The summed E-state index contributed by atoms with van der Waals surface area (Å²) in [6.07, 6.45) is 4.73. The second-order valence-electron chi connectivity index (χ2n) is 4.94. The molecule has 0 aromatic heterocycles. The first kappa shape index (κ1) is 15.0. The molecule has 18 heavy (non-hydrogen) atoms. The van der Waals surface area contributed by atoms with Crippen LogP contribution >= 0.6 is 0 Å². The number of amides is 1. The lowest BCUT2D eigenvalue weighted by Gasteiger charge is -2.15. The molecule has 1 rings (SSSR count). The average Bonchev–Trinajstić information content (AvgIpc) is 2.86. The van der Waals surface area contributed by atoms with Crippen molar-refractivity contribution in [2.24, 2.45) is 5.92 Å². The molecule has 1 heterocycles. The van der Waals surface area contributed by atoms with Crippen LogP contribution in [0.3, 0.4) is 0 Å². The molecule has 0 spiro atoms. The van der Waals surface area contributed by atoms with Gasteiger partial charge in [0.15, 0.2) is 0 Å². The minimum atomic E-state index is -0.743. The summed E-state index contributed by atoms with van der Waals surface area (Å²) >= 11 is 0. The molecule has 1 unspecified atom stereocenters. The van der Waals surface area contributed by atoms with Crippen molar-refractivity contribution in [2.45, 2.75) is 51.5 Å². The van der Waals surface area contributed by atoms with E-state index in [1.54, 1.807) is 0 Å². The Kier molecular flexibility index (Phi) is 6.72. The van der Waals surface area contributed by atoms with E-state index in [1.807, 2.05) is 0 Å². The fraction of sp³-hybridized carbons (Fsp3) is 0.846. The molecule has 0 saturated carbocycles. The first-order valence-electron chi connectivity index (χ1n) is 6.86. The Hall–Kier alpha value is -1.10. The fourth-order valence-electron chi connectivity index (χ4n) is 2.31. The molecule has 1 amide bonds. The number of nitrogens with one attached hydrogen (secondary N) is 2. The maximum atomic E-state index is 11.7. The molecule has 104 valence electrons. The molecule has 0 aromatic rings. The van der Waals surface area contributed by atoms with Crippen molar-refractivity contribution >= 4 is 11.9 Å². The molecule has 1 saturated heterocycles. The van der Waals surface area contributed by atoms with Gasteiger partial charge in [-0.3, -0.25) is 9.59 Å². The number of hydrogen-bond donors (Lipinski definition) is 3. The van der Waals surface area contributed by atoms with Gasteiger partial charge in [-0.2, -0.15) is 0 Å². The monoisotopic (exact) mass is 256 g/mol. The van der Waals surface area contributed by atoms with Crippen LogP contribution < -0.4 is 10.6 Å². The third-order valence-electron chi connectivity index (χ3n) is 3.57. The number of hydrogen-bond acceptors (Lipinski definition) is 3. The largest absolute Gasteiger partial charge is 0.481 e. The molecule has 0 aliphatic carbocycles. The lowest BCUT2D eigenvalue weighted by Crippen LogP contribution is -2.41. The number of aliphatic carboxylic acids is 1. The van der Waals surface area contributed by atoms with Crippen LogP contribution in [0.15, 0.2) is 0 Å². The predicted octanol–water partition coefficient (Wildman–Crippen LogP) is 1.14. The molecule has 0 radical (unpaired) electrons. The molecular weight excluding hydrogens is 232 g/mol. The summed E-state index contributed by atoms with van der Waals surface area (Å²) in [5, 5.41) is 14.7. The first-order valence-corrected chi connectivity index (χ1v) is 6.86. The van der Waals surface area contributed by atoms with Crippen LogP contribution in [0.1, 0.15) is 45.4 Å². The summed E-state index contributed by atoms with van der Waals surface area (Å²) in [5.74, 6) is -0.272. The summed E-state index contributed by atoms with van der Waals surface area (Å²) in [4.78, 5) is 22.2. The molecule has 0 aromatic carbocycles. The van der Waals surface area contributed by atoms with Crippen LogP contribution in [0.25, 0.3) is 0 Å². The highest BCUT2D eigenvalue weighted by atomic mass is 16.4. The van der Waals surface area contributed by atoms with Crippen molar-refractivity contribution in [2.75, 3.05) is 13.1 Å². The predicted molar refractivity (Wildman–Crippen MR) is 69.3 cm³/mol. The highest BCUT2D eigenvalue weighted by Gasteiger charge is 2.21. The van der Waals surface area contributed by atoms with E-state index in [0.29, 0.717) is 18.9 Å². The van der Waals surface area contributed by atoms with Crippen LogP contribution in [-0.4, -0.2) is 36.1 Å². The molecule has 1 fully saturated rings. The third kappa shape index (κ3) is 5.49. The van der Waals surface area contributed by atoms with Gasteiger partial charge in [-0.15, -0.1) is 0 Å². The van der Waals surface area contributed by atoms with Gasteiger partial charge in [-0.05, 0) is 38.1 Å². The Labute approximate surface area is 108 Å². The molecule has 5 heteroatoms. The molecular formula is C13H24N2O3. The summed E-state index contributed by atoms with van der Waals surface area (Å²) in [6.45, 7) is 3.64. The van der Waals surface area contributed by atoms with Crippen molar-refractivity contribution in [1.29, 1.82) is 0 Å². The van der Waals surface area contributed by atoms with Crippen LogP contribution in [0.2, 0.25) is 0 Å². The van der Waals surface area contributed by atoms with Gasteiger partial charge in [-0.25, -0.2) is 0 Å². The second-order valence-corrected chi connectivity index (χ2v) is 4.94. The average molecular weight is 256 g/mol. The Morgan fingerprint density at radius 1 is 1.44 bits per heavy atom. The number of carboxylic acids is 1. The van der Waals surface area contributed by atoms with E-state index in [1.165, 1.54) is 0 Å². The van der Waals surface area contributed by atoms with Crippen LogP contribution in [0.4, 0.5) is 0 Å². The van der Waals surface area contributed by atoms with Gasteiger partial charge in [-0.1, -0.05) is 13.3 Å². The number of rotatable bonds is 8. The lowest BCUT2D eigenvalue weighted by molar-refractivity contribution is -0.137. The van der Waals surface area contributed by atoms with E-state index in [4.69, 9.17) is 5.11 Å². The first-order chi connectivity index (χ1) is 8.63. The van der Waals surface area contributed by atoms with Crippen LogP contribution in [-0.2, 0) is 9.59 Å². The van der Waals surface area contributed by atoms with E-state index in [2.05, 4.69) is 17.6 Å². The zero-order chi connectivity index (χ0) is 13.4. The number of carboxylic acid groups (broad SMARTS) is 1. The van der Waals surface area contributed by atoms with Crippen molar-refractivity contribution in [3.8, 4) is 0 Å².